The smallest absolute Gasteiger partial charge is 0.182 e. The van der Waals surface area contributed by atoms with Crippen molar-refractivity contribution >= 4 is 28.1 Å². The molecule has 1 heterocycles. The van der Waals surface area contributed by atoms with Crippen molar-refractivity contribution in [1.82, 2.24) is 9.55 Å². The number of aromatic amines is 1. The van der Waals surface area contributed by atoms with E-state index in [2.05, 4.69) is 33.0 Å². The van der Waals surface area contributed by atoms with E-state index >= 15 is 0 Å². The molecule has 0 saturated carbocycles. The van der Waals surface area contributed by atoms with Crippen LogP contribution in [-0.4, -0.2) is 16.7 Å². The third-order valence-corrected chi connectivity index (χ3v) is 4.02. The largest absolute Gasteiger partial charge is 0.495 e. The summed E-state index contributed by atoms with van der Waals surface area (Å²) >= 11 is 8.95. The van der Waals surface area contributed by atoms with Gasteiger partial charge in [0.1, 0.15) is 5.75 Å². The zero-order chi connectivity index (χ0) is 14.8. The number of nitrogens with zero attached hydrogens (tertiary/aromatic N) is 1. The molecule has 21 heavy (non-hydrogen) atoms. The highest BCUT2D eigenvalue weighted by molar-refractivity contribution is 9.10. The summed E-state index contributed by atoms with van der Waals surface area (Å²) < 4.78 is 9.05. The van der Waals surface area contributed by atoms with Crippen molar-refractivity contribution in [3.8, 4) is 22.7 Å². The summed E-state index contributed by atoms with van der Waals surface area (Å²) in [4.78, 5) is 3.11. The van der Waals surface area contributed by atoms with Gasteiger partial charge < -0.3 is 9.72 Å². The molecule has 0 aliphatic carbocycles. The fourth-order valence-electron chi connectivity index (χ4n) is 2.27. The van der Waals surface area contributed by atoms with E-state index in [1.54, 1.807) is 7.11 Å². The average molecular weight is 361 g/mol. The van der Waals surface area contributed by atoms with Crippen LogP contribution in [0.25, 0.3) is 16.9 Å². The van der Waals surface area contributed by atoms with Gasteiger partial charge in [-0.1, -0.05) is 46.3 Å². The van der Waals surface area contributed by atoms with Crippen LogP contribution >= 0.6 is 28.1 Å². The van der Waals surface area contributed by atoms with E-state index in [0.717, 1.165) is 27.2 Å². The van der Waals surface area contributed by atoms with Gasteiger partial charge in [0.25, 0.3) is 0 Å². The molecule has 0 aliphatic heterocycles. The van der Waals surface area contributed by atoms with Gasteiger partial charge in [-0.25, -0.2) is 0 Å². The maximum absolute atomic E-state index is 5.47. The van der Waals surface area contributed by atoms with Crippen LogP contribution in [-0.2, 0) is 0 Å². The molecule has 0 saturated heterocycles. The van der Waals surface area contributed by atoms with E-state index in [4.69, 9.17) is 17.0 Å². The minimum atomic E-state index is 0.630. The van der Waals surface area contributed by atoms with Crippen molar-refractivity contribution in [2.75, 3.05) is 7.11 Å². The zero-order valence-electron chi connectivity index (χ0n) is 11.3. The Hall–Kier alpha value is -1.85. The predicted octanol–water partition coefficient (Wildman–Crippen LogP) is 4.97. The fraction of sp³-hybridized carbons (Fsp3) is 0.0625. The first-order chi connectivity index (χ1) is 10.2. The Morgan fingerprint density at radius 2 is 1.90 bits per heavy atom. The molecule has 3 rings (SSSR count). The Morgan fingerprint density at radius 3 is 2.62 bits per heavy atom. The van der Waals surface area contributed by atoms with Crippen LogP contribution in [0.3, 0.4) is 0 Å². The highest BCUT2D eigenvalue weighted by Crippen LogP contribution is 2.31. The summed E-state index contributed by atoms with van der Waals surface area (Å²) in [7, 11) is 1.66. The van der Waals surface area contributed by atoms with Gasteiger partial charge in [-0.05, 0) is 30.4 Å². The van der Waals surface area contributed by atoms with Gasteiger partial charge in [0.2, 0.25) is 0 Å². The highest BCUT2D eigenvalue weighted by Gasteiger charge is 2.13. The molecule has 5 heteroatoms. The maximum atomic E-state index is 5.47. The second-order valence-corrected chi connectivity index (χ2v) is 5.80. The Labute approximate surface area is 136 Å². The number of hydrogen-bond acceptors (Lipinski definition) is 2. The third kappa shape index (κ3) is 2.66. The Bertz CT molecular complexity index is 824. The van der Waals surface area contributed by atoms with Gasteiger partial charge in [0.15, 0.2) is 4.77 Å². The lowest BCUT2D eigenvalue weighted by Crippen LogP contribution is -2.00. The molecule has 106 valence electrons. The van der Waals surface area contributed by atoms with E-state index in [1.807, 2.05) is 47.2 Å². The van der Waals surface area contributed by atoms with Crippen molar-refractivity contribution in [3.63, 3.8) is 0 Å². The van der Waals surface area contributed by atoms with E-state index in [0.29, 0.717) is 4.77 Å². The summed E-state index contributed by atoms with van der Waals surface area (Å²) in [5, 5.41) is 0. The Morgan fingerprint density at radius 1 is 1.14 bits per heavy atom. The summed E-state index contributed by atoms with van der Waals surface area (Å²) in [6, 6.07) is 16.0. The first-order valence-corrected chi connectivity index (χ1v) is 7.60. The molecule has 1 N–H and O–H groups in total. The zero-order valence-corrected chi connectivity index (χ0v) is 13.7. The number of H-pyrrole nitrogens is 1. The van der Waals surface area contributed by atoms with E-state index < -0.39 is 0 Å². The van der Waals surface area contributed by atoms with Gasteiger partial charge >= 0.3 is 0 Å². The highest BCUT2D eigenvalue weighted by atomic mass is 79.9. The molecule has 0 radical (unpaired) electrons. The lowest BCUT2D eigenvalue weighted by molar-refractivity contribution is 0.413. The number of methoxy groups -OCH3 is 1. The second kappa shape index (κ2) is 5.87. The van der Waals surface area contributed by atoms with E-state index in [1.165, 1.54) is 0 Å². The quantitative estimate of drug-likeness (QED) is 0.668. The Kier molecular flexibility index (Phi) is 3.94. The van der Waals surface area contributed by atoms with Crippen LogP contribution in [0.4, 0.5) is 0 Å². The van der Waals surface area contributed by atoms with E-state index in [-0.39, 0.29) is 0 Å². The molecular weight excluding hydrogens is 348 g/mol. The summed E-state index contributed by atoms with van der Waals surface area (Å²) in [5.74, 6) is 0.770. The number of nitrogens with one attached hydrogen (secondary N) is 1. The fourth-order valence-corrected chi connectivity index (χ4v) is 2.87. The number of rotatable bonds is 3. The molecule has 0 amide bonds. The number of aromatic nitrogens is 2. The SMILES string of the molecule is COc1ccc(Br)cc1-n1c(-c2ccccc2)c[nH]c1=S. The number of benzene rings is 2. The molecule has 0 fully saturated rings. The summed E-state index contributed by atoms with van der Waals surface area (Å²) in [6.45, 7) is 0. The standard InChI is InChI=1S/C16H13BrN2OS/c1-20-15-8-7-12(17)9-13(15)19-14(10-18-16(19)21)11-5-3-2-4-6-11/h2-10H,1H3,(H,18,21). The average Bonchev–Trinajstić information content (AvgIpc) is 2.89. The molecule has 0 unspecified atom stereocenters. The van der Waals surface area contributed by atoms with Crippen LogP contribution in [0.5, 0.6) is 5.75 Å². The molecule has 0 aliphatic rings. The molecule has 3 nitrogen and oxygen atoms in total. The maximum Gasteiger partial charge on any atom is 0.182 e. The van der Waals surface area contributed by atoms with E-state index in [9.17, 15) is 0 Å². The van der Waals surface area contributed by atoms with Gasteiger partial charge in [-0.2, -0.15) is 0 Å². The second-order valence-electron chi connectivity index (χ2n) is 4.50. The molecule has 0 spiro atoms. The Balaban J connectivity index is 2.27. The number of imidazole rings is 1. The van der Waals surface area contributed by atoms with Crippen LogP contribution < -0.4 is 4.74 Å². The van der Waals surface area contributed by atoms with Crippen LogP contribution in [0, 0.1) is 4.77 Å². The van der Waals surface area contributed by atoms with Crippen molar-refractivity contribution in [2.24, 2.45) is 0 Å². The summed E-state index contributed by atoms with van der Waals surface area (Å²) in [6.07, 6.45) is 1.91. The van der Waals surface area contributed by atoms with Crippen molar-refractivity contribution in [2.45, 2.75) is 0 Å². The lowest BCUT2D eigenvalue weighted by atomic mass is 10.1. The minimum absolute atomic E-state index is 0.630. The van der Waals surface area contributed by atoms with Gasteiger partial charge in [-0.15, -0.1) is 0 Å². The summed E-state index contributed by atoms with van der Waals surface area (Å²) in [5.41, 5.74) is 2.99. The van der Waals surface area contributed by atoms with Gasteiger partial charge in [0.05, 0.1) is 18.5 Å². The molecule has 2 aromatic carbocycles. The molecule has 0 bridgehead atoms. The van der Waals surface area contributed by atoms with Gasteiger partial charge in [-0.3, -0.25) is 4.57 Å². The van der Waals surface area contributed by atoms with Gasteiger partial charge in [0, 0.05) is 16.2 Å². The normalized spacial score (nSPS) is 10.6. The molecule has 0 atom stereocenters. The predicted molar refractivity (Wildman–Crippen MR) is 90.6 cm³/mol. The molecule has 3 aromatic rings. The van der Waals surface area contributed by atoms with Crippen LogP contribution in [0.15, 0.2) is 59.2 Å². The number of ether oxygens (including phenoxy) is 1. The van der Waals surface area contributed by atoms with Crippen LogP contribution in [0.2, 0.25) is 0 Å². The van der Waals surface area contributed by atoms with Crippen molar-refractivity contribution in [3.05, 3.63) is 64.0 Å². The number of halogens is 1. The minimum Gasteiger partial charge on any atom is -0.495 e. The lowest BCUT2D eigenvalue weighted by Gasteiger charge is -2.13. The van der Waals surface area contributed by atoms with Crippen molar-refractivity contribution < 1.29 is 4.74 Å². The first kappa shape index (κ1) is 14.1. The first-order valence-electron chi connectivity index (χ1n) is 6.40. The third-order valence-electron chi connectivity index (χ3n) is 3.23. The van der Waals surface area contributed by atoms with Crippen molar-refractivity contribution in [1.29, 1.82) is 0 Å². The topological polar surface area (TPSA) is 29.9 Å². The molecule has 1 aromatic heterocycles. The number of hydrogen-bond donors (Lipinski definition) is 1. The molecular formula is C16H13BrN2OS. The van der Waals surface area contributed by atoms with Crippen LogP contribution in [0.1, 0.15) is 0 Å². The monoisotopic (exact) mass is 360 g/mol.